The predicted octanol–water partition coefficient (Wildman–Crippen LogP) is 3.03. The molecule has 2 rings (SSSR count). The Kier molecular flexibility index (Phi) is 6.74. The Morgan fingerprint density at radius 1 is 1.38 bits per heavy atom. The Morgan fingerprint density at radius 3 is 2.88 bits per heavy atom. The minimum absolute atomic E-state index is 0.116. The van der Waals surface area contributed by atoms with E-state index in [0.717, 1.165) is 19.3 Å². The normalized spacial score (nSPS) is 10.6. The van der Waals surface area contributed by atoms with Crippen molar-refractivity contribution in [2.24, 2.45) is 0 Å². The molecule has 1 aromatic carbocycles. The zero-order chi connectivity index (χ0) is 17.4. The summed E-state index contributed by atoms with van der Waals surface area (Å²) in [6, 6.07) is 5.53. The van der Waals surface area contributed by atoms with Crippen LogP contribution in [0.4, 0.5) is 14.9 Å². The molecule has 0 bridgehead atoms. The van der Waals surface area contributed by atoms with Gasteiger partial charge in [-0.15, -0.1) is 0 Å². The highest BCUT2D eigenvalue weighted by atomic mass is 19.1. The lowest BCUT2D eigenvalue weighted by Gasteiger charge is -2.23. The summed E-state index contributed by atoms with van der Waals surface area (Å²) in [5.74, 6) is -0.444. The zero-order valence-electron chi connectivity index (χ0n) is 13.8. The lowest BCUT2D eigenvalue weighted by molar-refractivity contribution is 0.187. The van der Waals surface area contributed by atoms with Crippen LogP contribution in [0.3, 0.4) is 0 Å². The van der Waals surface area contributed by atoms with Crippen molar-refractivity contribution in [3.05, 3.63) is 42.5 Å². The number of hydrogen-bond acceptors (Lipinski definition) is 3. The number of amides is 2. The van der Waals surface area contributed by atoms with Gasteiger partial charge in [0.25, 0.3) is 0 Å². The molecule has 0 atom stereocenters. The number of carbonyl (C=O) groups is 1. The molecule has 7 heteroatoms. The molecule has 1 heterocycles. The van der Waals surface area contributed by atoms with Gasteiger partial charge < -0.3 is 15.3 Å². The number of nitrogens with zero attached hydrogens (tertiary/aromatic N) is 3. The van der Waals surface area contributed by atoms with Crippen LogP contribution < -0.4 is 5.32 Å². The first-order valence-corrected chi connectivity index (χ1v) is 8.12. The summed E-state index contributed by atoms with van der Waals surface area (Å²) in [4.78, 5) is 14.0. The summed E-state index contributed by atoms with van der Waals surface area (Å²) in [6.07, 6.45) is 6.24. The van der Waals surface area contributed by atoms with Crippen LogP contribution in [0.2, 0.25) is 0 Å². The van der Waals surface area contributed by atoms with Crippen LogP contribution in [0, 0.1) is 5.82 Å². The number of urea groups is 1. The van der Waals surface area contributed by atoms with Crippen molar-refractivity contribution in [1.82, 2.24) is 14.7 Å². The van der Waals surface area contributed by atoms with Gasteiger partial charge in [0.05, 0.1) is 18.0 Å². The fourth-order valence-corrected chi connectivity index (χ4v) is 2.40. The van der Waals surface area contributed by atoms with Gasteiger partial charge in [0.1, 0.15) is 5.82 Å². The number of benzene rings is 1. The SMILES string of the molecule is CCCCCN(CCO)C(=O)Nc1cc(F)ccc1-n1cccn1. The first-order valence-electron chi connectivity index (χ1n) is 8.12. The molecule has 0 saturated carbocycles. The molecular formula is C17H23FN4O2. The molecule has 0 unspecified atom stereocenters. The maximum atomic E-state index is 13.6. The second-order valence-corrected chi connectivity index (χ2v) is 5.46. The number of carbonyl (C=O) groups excluding carboxylic acids is 1. The van der Waals surface area contributed by atoms with Crippen LogP contribution in [0.1, 0.15) is 26.2 Å². The smallest absolute Gasteiger partial charge is 0.321 e. The van der Waals surface area contributed by atoms with Crippen LogP contribution >= 0.6 is 0 Å². The number of aliphatic hydroxyl groups excluding tert-OH is 1. The Labute approximate surface area is 140 Å². The molecule has 130 valence electrons. The predicted molar refractivity (Wildman–Crippen MR) is 90.7 cm³/mol. The van der Waals surface area contributed by atoms with E-state index in [1.165, 1.54) is 17.0 Å². The van der Waals surface area contributed by atoms with Gasteiger partial charge in [0.2, 0.25) is 0 Å². The number of anilines is 1. The summed E-state index contributed by atoms with van der Waals surface area (Å²) in [6.45, 7) is 2.75. The molecule has 0 aliphatic carbocycles. The number of rotatable bonds is 8. The number of unbranched alkanes of at least 4 members (excludes halogenated alkanes) is 2. The molecule has 0 aliphatic heterocycles. The lowest BCUT2D eigenvalue weighted by Crippen LogP contribution is -2.38. The Morgan fingerprint density at radius 2 is 2.21 bits per heavy atom. The quantitative estimate of drug-likeness (QED) is 0.729. The van der Waals surface area contributed by atoms with Gasteiger partial charge in [-0.2, -0.15) is 5.10 Å². The molecule has 1 aromatic heterocycles. The van der Waals surface area contributed by atoms with Gasteiger partial charge in [-0.25, -0.2) is 13.9 Å². The number of hydrogen-bond donors (Lipinski definition) is 2. The van der Waals surface area contributed by atoms with E-state index < -0.39 is 5.82 Å². The minimum atomic E-state index is -0.444. The van der Waals surface area contributed by atoms with Crippen molar-refractivity contribution < 1.29 is 14.3 Å². The van der Waals surface area contributed by atoms with Crippen molar-refractivity contribution >= 4 is 11.7 Å². The maximum Gasteiger partial charge on any atom is 0.321 e. The summed E-state index contributed by atoms with van der Waals surface area (Å²) in [7, 11) is 0. The first-order chi connectivity index (χ1) is 11.7. The zero-order valence-corrected chi connectivity index (χ0v) is 13.8. The minimum Gasteiger partial charge on any atom is -0.395 e. The summed E-state index contributed by atoms with van der Waals surface area (Å²) < 4.78 is 15.2. The highest BCUT2D eigenvalue weighted by molar-refractivity contribution is 5.91. The summed E-state index contributed by atoms with van der Waals surface area (Å²) in [5, 5.41) is 16.0. The van der Waals surface area contributed by atoms with Crippen LogP contribution in [0.5, 0.6) is 0 Å². The van der Waals surface area contributed by atoms with Gasteiger partial charge in [0.15, 0.2) is 0 Å². The van der Waals surface area contributed by atoms with E-state index in [4.69, 9.17) is 5.11 Å². The van der Waals surface area contributed by atoms with E-state index in [1.54, 1.807) is 29.2 Å². The fraction of sp³-hybridized carbons (Fsp3) is 0.412. The van der Waals surface area contributed by atoms with E-state index in [2.05, 4.69) is 17.3 Å². The number of nitrogens with one attached hydrogen (secondary N) is 1. The second kappa shape index (κ2) is 9.02. The summed E-state index contributed by atoms with van der Waals surface area (Å²) >= 11 is 0. The average Bonchev–Trinajstić information content (AvgIpc) is 3.08. The van der Waals surface area contributed by atoms with Crippen LogP contribution in [-0.4, -0.2) is 45.5 Å². The molecule has 0 spiro atoms. The third-order valence-corrected chi connectivity index (χ3v) is 3.64. The Hall–Kier alpha value is -2.41. The monoisotopic (exact) mass is 334 g/mol. The number of halogens is 1. The molecule has 2 aromatic rings. The largest absolute Gasteiger partial charge is 0.395 e. The van der Waals surface area contributed by atoms with E-state index in [9.17, 15) is 9.18 Å². The highest BCUT2D eigenvalue weighted by Crippen LogP contribution is 2.21. The van der Waals surface area contributed by atoms with Crippen molar-refractivity contribution in [3.8, 4) is 5.69 Å². The second-order valence-electron chi connectivity index (χ2n) is 5.46. The molecule has 0 fully saturated rings. The molecule has 24 heavy (non-hydrogen) atoms. The van der Waals surface area contributed by atoms with Gasteiger partial charge in [0, 0.05) is 25.5 Å². The van der Waals surface area contributed by atoms with E-state index in [0.29, 0.717) is 17.9 Å². The number of aliphatic hydroxyl groups is 1. The third kappa shape index (κ3) is 4.79. The van der Waals surface area contributed by atoms with E-state index >= 15 is 0 Å². The highest BCUT2D eigenvalue weighted by Gasteiger charge is 2.16. The van der Waals surface area contributed by atoms with Crippen LogP contribution in [-0.2, 0) is 0 Å². The van der Waals surface area contributed by atoms with Gasteiger partial charge >= 0.3 is 6.03 Å². The van der Waals surface area contributed by atoms with Crippen LogP contribution in [0.25, 0.3) is 5.69 Å². The van der Waals surface area contributed by atoms with Crippen molar-refractivity contribution in [2.75, 3.05) is 25.0 Å². The molecule has 6 nitrogen and oxygen atoms in total. The Balaban J connectivity index is 2.15. The van der Waals surface area contributed by atoms with Gasteiger partial charge in [-0.05, 0) is 30.7 Å². The molecule has 2 amide bonds. The van der Waals surface area contributed by atoms with Crippen molar-refractivity contribution in [3.63, 3.8) is 0 Å². The van der Waals surface area contributed by atoms with Gasteiger partial charge in [-0.1, -0.05) is 19.8 Å². The fourth-order valence-electron chi connectivity index (χ4n) is 2.40. The third-order valence-electron chi connectivity index (χ3n) is 3.64. The molecule has 0 radical (unpaired) electrons. The van der Waals surface area contributed by atoms with E-state index in [-0.39, 0.29) is 19.2 Å². The van der Waals surface area contributed by atoms with Crippen LogP contribution in [0.15, 0.2) is 36.7 Å². The van der Waals surface area contributed by atoms with E-state index in [1.807, 2.05) is 0 Å². The van der Waals surface area contributed by atoms with Crippen molar-refractivity contribution in [1.29, 1.82) is 0 Å². The Bertz CT molecular complexity index is 646. The number of aromatic nitrogens is 2. The average molecular weight is 334 g/mol. The lowest BCUT2D eigenvalue weighted by atomic mass is 10.2. The first kappa shape index (κ1) is 17.9. The molecule has 0 saturated heterocycles. The molecule has 0 aliphatic rings. The summed E-state index contributed by atoms with van der Waals surface area (Å²) in [5.41, 5.74) is 0.911. The maximum absolute atomic E-state index is 13.6. The molecule has 2 N–H and O–H groups in total. The van der Waals surface area contributed by atoms with Gasteiger partial charge in [-0.3, -0.25) is 0 Å². The van der Waals surface area contributed by atoms with Crippen molar-refractivity contribution in [2.45, 2.75) is 26.2 Å². The standard InChI is InChI=1S/C17H23FN4O2/c1-2-3-4-9-21(11-12-23)17(24)20-15-13-14(18)6-7-16(15)22-10-5-8-19-22/h5-8,10,13,23H,2-4,9,11-12H2,1H3,(H,20,24). The topological polar surface area (TPSA) is 70.4 Å². The molecular weight excluding hydrogens is 311 g/mol.